The van der Waals surface area contributed by atoms with Gasteiger partial charge in [-0.1, -0.05) is 39.8 Å². The normalized spacial score (nSPS) is 11.0. The van der Waals surface area contributed by atoms with Crippen LogP contribution in [-0.2, 0) is 6.42 Å². The summed E-state index contributed by atoms with van der Waals surface area (Å²) in [6, 6.07) is 15.2. The molecule has 158 valence electrons. The molecule has 3 rings (SSSR count). The van der Waals surface area contributed by atoms with Gasteiger partial charge in [0.1, 0.15) is 11.4 Å². The van der Waals surface area contributed by atoms with Crippen molar-refractivity contribution < 1.29 is 9.53 Å². The van der Waals surface area contributed by atoms with E-state index in [0.717, 1.165) is 29.1 Å². The zero-order valence-corrected chi connectivity index (χ0v) is 18.2. The Kier molecular flexibility index (Phi) is 6.77. The molecular formula is C24H30N4O2. The molecule has 30 heavy (non-hydrogen) atoms. The third kappa shape index (κ3) is 5.20. The zero-order valence-electron chi connectivity index (χ0n) is 18.2. The summed E-state index contributed by atoms with van der Waals surface area (Å²) in [4.78, 5) is 12.7. The molecule has 0 aliphatic rings. The molecule has 0 radical (unpaired) electrons. The van der Waals surface area contributed by atoms with Crippen LogP contribution in [0.1, 0.15) is 44.9 Å². The number of amides is 2. The second-order valence-corrected chi connectivity index (χ2v) is 8.11. The van der Waals surface area contributed by atoms with Gasteiger partial charge in [-0.05, 0) is 60.2 Å². The lowest BCUT2D eigenvalue weighted by Crippen LogP contribution is -2.20. The Morgan fingerprint density at radius 3 is 2.23 bits per heavy atom. The predicted molar refractivity (Wildman–Crippen MR) is 122 cm³/mol. The number of anilines is 2. The fourth-order valence-corrected chi connectivity index (χ4v) is 3.25. The Morgan fingerprint density at radius 1 is 1.00 bits per heavy atom. The van der Waals surface area contributed by atoms with E-state index < -0.39 is 0 Å². The topological polar surface area (TPSA) is 79.0 Å². The van der Waals surface area contributed by atoms with Crippen molar-refractivity contribution in [3.05, 3.63) is 59.8 Å². The highest BCUT2D eigenvalue weighted by atomic mass is 16.5. The van der Waals surface area contributed by atoms with Gasteiger partial charge in [-0.25, -0.2) is 4.79 Å². The van der Waals surface area contributed by atoms with Crippen molar-refractivity contribution in [1.29, 1.82) is 0 Å². The van der Waals surface area contributed by atoms with E-state index in [1.807, 2.05) is 48.5 Å². The number of nitrogens with zero attached hydrogens (tertiary/aromatic N) is 1. The molecule has 0 saturated heterocycles. The largest absolute Gasteiger partial charge is 0.497 e. The van der Waals surface area contributed by atoms with Crippen LogP contribution in [-0.4, -0.2) is 23.3 Å². The van der Waals surface area contributed by atoms with Crippen molar-refractivity contribution >= 4 is 17.4 Å². The van der Waals surface area contributed by atoms with E-state index in [9.17, 15) is 4.79 Å². The number of benzene rings is 2. The maximum Gasteiger partial charge on any atom is 0.323 e. The fourth-order valence-electron chi connectivity index (χ4n) is 3.25. The minimum atomic E-state index is -0.298. The number of carbonyl (C=O) groups is 1. The minimum absolute atomic E-state index is 0.298. The van der Waals surface area contributed by atoms with E-state index in [1.54, 1.807) is 7.11 Å². The molecule has 2 amide bonds. The van der Waals surface area contributed by atoms with Crippen molar-refractivity contribution in [2.75, 3.05) is 17.7 Å². The molecule has 0 atom stereocenters. The number of carbonyl (C=O) groups excluding carboxylic acids is 1. The molecule has 0 fully saturated rings. The van der Waals surface area contributed by atoms with Crippen LogP contribution in [0, 0.1) is 5.92 Å². The maximum atomic E-state index is 12.7. The first kappa shape index (κ1) is 21.4. The van der Waals surface area contributed by atoms with Crippen LogP contribution in [0.2, 0.25) is 0 Å². The lowest BCUT2D eigenvalue weighted by molar-refractivity contribution is 0.262. The van der Waals surface area contributed by atoms with Crippen molar-refractivity contribution in [3.63, 3.8) is 0 Å². The third-order valence-electron chi connectivity index (χ3n) is 4.89. The van der Waals surface area contributed by atoms with Crippen molar-refractivity contribution in [2.24, 2.45) is 5.92 Å². The number of nitrogens with one attached hydrogen (secondary N) is 3. The van der Waals surface area contributed by atoms with Crippen LogP contribution in [0.5, 0.6) is 5.75 Å². The first-order valence-electron chi connectivity index (χ1n) is 10.3. The van der Waals surface area contributed by atoms with E-state index in [-0.39, 0.29) is 6.03 Å². The lowest BCUT2D eigenvalue weighted by atomic mass is 10.0. The van der Waals surface area contributed by atoms with E-state index >= 15 is 0 Å². The molecule has 6 nitrogen and oxygen atoms in total. The molecule has 3 N–H and O–H groups in total. The SMILES string of the molecule is COc1ccc(-c2n[nH]c(CC(C)C)c2NC(=O)Nc2ccc(C(C)C)cc2)cc1. The number of hydrogen-bond donors (Lipinski definition) is 3. The van der Waals surface area contributed by atoms with Gasteiger partial charge in [0.05, 0.1) is 18.5 Å². The van der Waals surface area contributed by atoms with Gasteiger partial charge in [-0.2, -0.15) is 5.10 Å². The van der Waals surface area contributed by atoms with Crippen LogP contribution in [0.4, 0.5) is 16.2 Å². The second-order valence-electron chi connectivity index (χ2n) is 8.11. The number of aromatic nitrogens is 2. The van der Waals surface area contributed by atoms with Crippen LogP contribution in [0.3, 0.4) is 0 Å². The van der Waals surface area contributed by atoms with E-state index in [2.05, 4.69) is 48.5 Å². The number of ether oxygens (including phenoxy) is 1. The maximum absolute atomic E-state index is 12.7. The van der Waals surface area contributed by atoms with Crippen LogP contribution in [0.15, 0.2) is 48.5 Å². The molecule has 0 unspecified atom stereocenters. The second kappa shape index (κ2) is 9.48. The number of methoxy groups -OCH3 is 1. The van der Waals surface area contributed by atoms with Gasteiger partial charge in [0.15, 0.2) is 0 Å². The molecule has 0 aliphatic heterocycles. The minimum Gasteiger partial charge on any atom is -0.497 e. The Hall–Kier alpha value is -3.28. The summed E-state index contributed by atoms with van der Waals surface area (Å²) in [5.74, 6) is 1.64. The number of hydrogen-bond acceptors (Lipinski definition) is 3. The molecule has 1 aromatic heterocycles. The quantitative estimate of drug-likeness (QED) is 0.447. The van der Waals surface area contributed by atoms with Gasteiger partial charge >= 0.3 is 6.03 Å². The van der Waals surface area contributed by atoms with Crippen LogP contribution < -0.4 is 15.4 Å². The Balaban J connectivity index is 1.83. The summed E-state index contributed by atoms with van der Waals surface area (Å²) >= 11 is 0. The van der Waals surface area contributed by atoms with Crippen LogP contribution >= 0.6 is 0 Å². The summed E-state index contributed by atoms with van der Waals surface area (Å²) in [5.41, 5.74) is 5.19. The van der Waals surface area contributed by atoms with Crippen molar-refractivity contribution in [2.45, 2.75) is 40.0 Å². The molecule has 6 heteroatoms. The highest BCUT2D eigenvalue weighted by Crippen LogP contribution is 2.31. The van der Waals surface area contributed by atoms with Gasteiger partial charge in [-0.3, -0.25) is 5.10 Å². The van der Waals surface area contributed by atoms with E-state index in [4.69, 9.17) is 4.74 Å². The molecular weight excluding hydrogens is 376 g/mol. The zero-order chi connectivity index (χ0) is 21.7. The van der Waals surface area contributed by atoms with Gasteiger partial charge in [-0.15, -0.1) is 0 Å². The third-order valence-corrected chi connectivity index (χ3v) is 4.89. The van der Waals surface area contributed by atoms with Crippen molar-refractivity contribution in [3.8, 4) is 17.0 Å². The summed E-state index contributed by atoms with van der Waals surface area (Å²) in [7, 11) is 1.63. The van der Waals surface area contributed by atoms with Gasteiger partial charge in [0.25, 0.3) is 0 Å². The molecule has 0 spiro atoms. The van der Waals surface area contributed by atoms with E-state index in [1.165, 1.54) is 5.56 Å². The number of urea groups is 1. The average molecular weight is 407 g/mol. The smallest absolute Gasteiger partial charge is 0.323 e. The first-order chi connectivity index (χ1) is 14.4. The standard InChI is InChI=1S/C24H30N4O2/c1-15(2)14-21-23(22(28-27-21)18-8-12-20(30-5)13-9-18)26-24(29)25-19-10-6-17(7-11-19)16(3)4/h6-13,15-16H,14H2,1-5H3,(H,27,28)(H2,25,26,29). The van der Waals surface area contributed by atoms with Crippen LogP contribution in [0.25, 0.3) is 11.3 Å². The summed E-state index contributed by atoms with van der Waals surface area (Å²) in [6.07, 6.45) is 0.780. The lowest BCUT2D eigenvalue weighted by Gasteiger charge is -2.12. The number of aromatic amines is 1. The molecule has 1 heterocycles. The Bertz CT molecular complexity index is 973. The molecule has 0 aliphatic carbocycles. The van der Waals surface area contributed by atoms with Gasteiger partial charge in [0, 0.05) is 11.3 Å². The Morgan fingerprint density at radius 2 is 1.67 bits per heavy atom. The summed E-state index contributed by atoms with van der Waals surface area (Å²) in [5, 5.41) is 13.5. The van der Waals surface area contributed by atoms with Gasteiger partial charge in [0.2, 0.25) is 0 Å². The summed E-state index contributed by atoms with van der Waals surface area (Å²) in [6.45, 7) is 8.55. The Labute approximate surface area is 178 Å². The van der Waals surface area contributed by atoms with Gasteiger partial charge < -0.3 is 15.4 Å². The first-order valence-corrected chi connectivity index (χ1v) is 10.3. The average Bonchev–Trinajstić information content (AvgIpc) is 3.09. The predicted octanol–water partition coefficient (Wildman–Crippen LogP) is 6.05. The van der Waals surface area contributed by atoms with Crippen molar-refractivity contribution in [1.82, 2.24) is 10.2 Å². The van der Waals surface area contributed by atoms with E-state index in [0.29, 0.717) is 23.2 Å². The monoisotopic (exact) mass is 406 g/mol. The summed E-state index contributed by atoms with van der Waals surface area (Å²) < 4.78 is 5.24. The fraction of sp³-hybridized carbons (Fsp3) is 0.333. The molecule has 2 aromatic carbocycles. The number of H-pyrrole nitrogens is 1. The highest BCUT2D eigenvalue weighted by molar-refractivity contribution is 6.02. The molecule has 0 saturated carbocycles. The molecule has 3 aromatic rings. The number of rotatable bonds is 7. The highest BCUT2D eigenvalue weighted by Gasteiger charge is 2.18. The molecule has 0 bridgehead atoms.